The van der Waals surface area contributed by atoms with Gasteiger partial charge in [-0.05, 0) is 18.1 Å². The number of urea groups is 1. The number of hydrogen-bond acceptors (Lipinski definition) is 3. The Labute approximate surface area is 147 Å². The van der Waals surface area contributed by atoms with Crippen LogP contribution >= 0.6 is 0 Å². The van der Waals surface area contributed by atoms with Gasteiger partial charge in [0.05, 0.1) is 30.7 Å². The van der Waals surface area contributed by atoms with Gasteiger partial charge in [-0.3, -0.25) is 4.79 Å². The number of carbonyl (C=O) groups excluding carboxylic acids is 1. The smallest absolute Gasteiger partial charge is 0.416 e. The Morgan fingerprint density at radius 3 is 2.31 bits per heavy atom. The molecule has 2 amide bonds. The lowest BCUT2D eigenvalue weighted by Crippen LogP contribution is -2.59. The molecule has 1 aromatic carbocycles. The van der Waals surface area contributed by atoms with Gasteiger partial charge in [0.15, 0.2) is 0 Å². The van der Waals surface area contributed by atoms with Gasteiger partial charge in [0.25, 0.3) is 0 Å². The zero-order valence-corrected chi connectivity index (χ0v) is 13.8. The van der Waals surface area contributed by atoms with Gasteiger partial charge in [-0.1, -0.05) is 18.2 Å². The largest absolute Gasteiger partial charge is 0.481 e. The minimum absolute atomic E-state index is 0.0101. The van der Waals surface area contributed by atoms with Crippen molar-refractivity contribution in [3.8, 4) is 0 Å². The van der Waals surface area contributed by atoms with Crippen molar-refractivity contribution in [2.24, 2.45) is 5.92 Å². The molecule has 0 aliphatic carbocycles. The highest BCUT2D eigenvalue weighted by molar-refractivity contribution is 5.77. The fourth-order valence-electron chi connectivity index (χ4n) is 3.46. The molecule has 0 saturated carbocycles. The summed E-state index contributed by atoms with van der Waals surface area (Å²) < 4.78 is 38.9. The van der Waals surface area contributed by atoms with Gasteiger partial charge in [0.1, 0.15) is 0 Å². The van der Waals surface area contributed by atoms with Crippen LogP contribution in [0.2, 0.25) is 0 Å². The number of alkyl halides is 3. The zero-order chi connectivity index (χ0) is 19.1. The number of halogens is 3. The molecular formula is C17H19F3N2O4. The van der Waals surface area contributed by atoms with Crippen molar-refractivity contribution in [3.05, 3.63) is 35.4 Å². The van der Waals surface area contributed by atoms with Crippen LogP contribution in [-0.2, 0) is 11.0 Å². The Kier molecular flexibility index (Phi) is 4.83. The molecule has 0 radical (unpaired) electrons. The Morgan fingerprint density at radius 1 is 1.08 bits per heavy atom. The SMILES string of the molecule is O=C(O)C1CC(c2cccc(C(F)(F)F)c2)CN(C(=O)N2CC(O)C2)C1. The lowest BCUT2D eigenvalue weighted by molar-refractivity contribution is -0.143. The molecule has 2 heterocycles. The van der Waals surface area contributed by atoms with Crippen molar-refractivity contribution in [2.75, 3.05) is 26.2 Å². The minimum Gasteiger partial charge on any atom is -0.481 e. The molecule has 6 nitrogen and oxygen atoms in total. The summed E-state index contributed by atoms with van der Waals surface area (Å²) in [6.45, 7) is 0.523. The number of aliphatic hydroxyl groups is 1. The number of piperidine rings is 1. The van der Waals surface area contributed by atoms with Gasteiger partial charge < -0.3 is 20.0 Å². The highest BCUT2D eigenvalue weighted by Gasteiger charge is 2.39. The zero-order valence-electron chi connectivity index (χ0n) is 13.8. The molecule has 26 heavy (non-hydrogen) atoms. The standard InChI is InChI=1S/C17H19F3N2O4/c18-17(19,20)13-3-1-2-10(5-13)11-4-12(15(24)25)7-21(6-11)16(26)22-8-14(23)9-22/h1-3,5,11-12,14,23H,4,6-9H2,(H,24,25). The second kappa shape index (κ2) is 6.79. The van der Waals surface area contributed by atoms with E-state index in [0.717, 1.165) is 12.1 Å². The van der Waals surface area contributed by atoms with Gasteiger partial charge in [-0.25, -0.2) is 4.79 Å². The van der Waals surface area contributed by atoms with E-state index in [0.29, 0.717) is 5.56 Å². The van der Waals surface area contributed by atoms with Crippen molar-refractivity contribution in [2.45, 2.75) is 24.6 Å². The molecule has 9 heteroatoms. The van der Waals surface area contributed by atoms with E-state index < -0.39 is 41.7 Å². The number of aliphatic hydroxyl groups excluding tert-OH is 1. The number of β-amino-alcohol motifs (C(OH)–C–C–N with tert-alkyl or cyclic N) is 1. The first-order valence-corrected chi connectivity index (χ1v) is 8.27. The summed E-state index contributed by atoms with van der Waals surface area (Å²) in [6, 6.07) is 4.41. The molecule has 2 atom stereocenters. The second-order valence-electron chi connectivity index (χ2n) is 6.84. The minimum atomic E-state index is -4.49. The van der Waals surface area contributed by atoms with Crippen LogP contribution in [0.1, 0.15) is 23.5 Å². The fourth-order valence-corrected chi connectivity index (χ4v) is 3.46. The number of benzene rings is 1. The number of amides is 2. The molecule has 2 aliphatic rings. The Morgan fingerprint density at radius 2 is 1.73 bits per heavy atom. The average Bonchev–Trinajstić information content (AvgIpc) is 2.57. The van der Waals surface area contributed by atoms with Crippen LogP contribution in [-0.4, -0.2) is 64.3 Å². The van der Waals surface area contributed by atoms with Crippen LogP contribution in [0.4, 0.5) is 18.0 Å². The van der Waals surface area contributed by atoms with Crippen LogP contribution in [0.5, 0.6) is 0 Å². The van der Waals surface area contributed by atoms with E-state index in [9.17, 15) is 33.0 Å². The predicted molar refractivity (Wildman–Crippen MR) is 84.5 cm³/mol. The van der Waals surface area contributed by atoms with Gasteiger partial charge >= 0.3 is 18.2 Å². The third kappa shape index (κ3) is 3.77. The van der Waals surface area contributed by atoms with Gasteiger partial charge in [-0.2, -0.15) is 13.2 Å². The average molecular weight is 372 g/mol. The quantitative estimate of drug-likeness (QED) is 0.832. The molecule has 2 fully saturated rings. The Balaban J connectivity index is 1.82. The first-order valence-electron chi connectivity index (χ1n) is 8.27. The summed E-state index contributed by atoms with van der Waals surface area (Å²) in [5, 5.41) is 18.7. The van der Waals surface area contributed by atoms with Crippen molar-refractivity contribution in [1.29, 1.82) is 0 Å². The van der Waals surface area contributed by atoms with E-state index in [2.05, 4.69) is 0 Å². The number of carboxylic acids is 1. The number of aliphatic carboxylic acids is 1. The van der Waals surface area contributed by atoms with E-state index in [1.165, 1.54) is 21.9 Å². The van der Waals surface area contributed by atoms with Crippen LogP contribution in [0, 0.1) is 5.92 Å². The highest BCUT2D eigenvalue weighted by Crippen LogP contribution is 2.35. The van der Waals surface area contributed by atoms with Gasteiger partial charge in [0.2, 0.25) is 0 Å². The summed E-state index contributed by atoms with van der Waals surface area (Å²) >= 11 is 0. The molecule has 0 bridgehead atoms. The highest BCUT2D eigenvalue weighted by atomic mass is 19.4. The topological polar surface area (TPSA) is 81.1 Å². The monoisotopic (exact) mass is 372 g/mol. The molecule has 1 aromatic rings. The summed E-state index contributed by atoms with van der Waals surface area (Å²) in [5.74, 6) is -2.43. The molecule has 0 spiro atoms. The lowest BCUT2D eigenvalue weighted by atomic mass is 9.84. The summed E-state index contributed by atoms with van der Waals surface area (Å²) in [6.07, 6.45) is -4.90. The molecule has 2 aliphatic heterocycles. The molecule has 2 saturated heterocycles. The van der Waals surface area contributed by atoms with E-state index in [1.807, 2.05) is 0 Å². The molecule has 142 valence electrons. The summed E-state index contributed by atoms with van der Waals surface area (Å²) in [5.41, 5.74) is -0.427. The molecule has 2 unspecified atom stereocenters. The maximum absolute atomic E-state index is 13.0. The molecule has 3 rings (SSSR count). The first-order chi connectivity index (χ1) is 12.1. The van der Waals surface area contributed by atoms with Crippen molar-refractivity contribution in [3.63, 3.8) is 0 Å². The number of carboxylic acid groups (broad SMARTS) is 1. The van der Waals surface area contributed by atoms with Gasteiger partial charge in [-0.15, -0.1) is 0 Å². The Bertz CT molecular complexity index is 703. The van der Waals surface area contributed by atoms with Crippen LogP contribution in [0.15, 0.2) is 24.3 Å². The van der Waals surface area contributed by atoms with Crippen molar-refractivity contribution >= 4 is 12.0 Å². The second-order valence-corrected chi connectivity index (χ2v) is 6.84. The maximum Gasteiger partial charge on any atom is 0.416 e. The molecule has 2 N–H and O–H groups in total. The van der Waals surface area contributed by atoms with E-state index in [4.69, 9.17) is 0 Å². The van der Waals surface area contributed by atoms with Crippen LogP contribution in [0.25, 0.3) is 0 Å². The number of hydrogen-bond donors (Lipinski definition) is 2. The van der Waals surface area contributed by atoms with Crippen LogP contribution < -0.4 is 0 Å². The van der Waals surface area contributed by atoms with Crippen molar-refractivity contribution < 1.29 is 33.0 Å². The predicted octanol–water partition coefficient (Wildman–Crippen LogP) is 1.99. The molecule has 0 aromatic heterocycles. The third-order valence-electron chi connectivity index (χ3n) is 4.89. The van der Waals surface area contributed by atoms with E-state index in [-0.39, 0.29) is 32.6 Å². The summed E-state index contributed by atoms with van der Waals surface area (Å²) in [4.78, 5) is 26.7. The van der Waals surface area contributed by atoms with Crippen LogP contribution in [0.3, 0.4) is 0 Å². The fraction of sp³-hybridized carbons (Fsp3) is 0.529. The van der Waals surface area contributed by atoms with Crippen molar-refractivity contribution in [1.82, 2.24) is 9.80 Å². The normalized spacial score (nSPS) is 24.3. The molecular weight excluding hydrogens is 353 g/mol. The maximum atomic E-state index is 13.0. The Hall–Kier alpha value is -2.29. The number of rotatable bonds is 2. The number of carbonyl (C=O) groups is 2. The number of likely N-dealkylation sites (tertiary alicyclic amines) is 2. The third-order valence-corrected chi connectivity index (χ3v) is 4.89. The summed E-state index contributed by atoms with van der Waals surface area (Å²) in [7, 11) is 0. The lowest BCUT2D eigenvalue weighted by Gasteiger charge is -2.43. The number of nitrogens with zero attached hydrogens (tertiary/aromatic N) is 2. The first kappa shape index (κ1) is 18.5. The van der Waals surface area contributed by atoms with Gasteiger partial charge in [0, 0.05) is 19.0 Å². The van der Waals surface area contributed by atoms with E-state index in [1.54, 1.807) is 0 Å². The van der Waals surface area contributed by atoms with E-state index >= 15 is 0 Å².